The minimum Gasteiger partial charge on any atom is -0.362 e. The number of amides is 1. The Kier molecular flexibility index (Phi) is 6.36. The summed E-state index contributed by atoms with van der Waals surface area (Å²) in [5, 5.41) is 6.23. The van der Waals surface area contributed by atoms with Gasteiger partial charge < -0.3 is 10.6 Å². The molecule has 0 radical (unpaired) electrons. The van der Waals surface area contributed by atoms with Crippen LogP contribution in [-0.4, -0.2) is 22.4 Å². The van der Waals surface area contributed by atoms with Gasteiger partial charge in [0.05, 0.1) is 12.4 Å². The summed E-state index contributed by atoms with van der Waals surface area (Å²) in [6.07, 6.45) is 11.3. The zero-order valence-electron chi connectivity index (χ0n) is 15.2. The van der Waals surface area contributed by atoms with Crippen LogP contribution in [0, 0.1) is 0 Å². The maximum Gasteiger partial charge on any atom is 0.271 e. The first-order valence-electron chi connectivity index (χ1n) is 9.32. The Morgan fingerprint density at radius 2 is 2.00 bits per heavy atom. The summed E-state index contributed by atoms with van der Waals surface area (Å²) in [4.78, 5) is 20.7. The van der Waals surface area contributed by atoms with Gasteiger partial charge in [-0.05, 0) is 44.6 Å². The topological polar surface area (TPSA) is 66.9 Å². The van der Waals surface area contributed by atoms with Crippen LogP contribution < -0.4 is 10.6 Å². The van der Waals surface area contributed by atoms with Crippen molar-refractivity contribution in [3.05, 3.63) is 65.6 Å². The van der Waals surface area contributed by atoms with Crippen molar-refractivity contribution < 1.29 is 4.79 Å². The molecule has 1 aliphatic carbocycles. The Morgan fingerprint density at radius 3 is 2.69 bits per heavy atom. The standard InChI is InChI=1S/C21H26N4O/c1-16(18-10-6-3-7-11-18)25-20-15-23-19(14-24-20)21(26)22-13-12-17-8-4-2-5-9-17/h3,6-8,10-11,14-16H,2,4-5,9,12-13H2,1H3,(H,22,26)(H,24,25). The molecule has 1 amide bonds. The quantitative estimate of drug-likeness (QED) is 0.732. The van der Waals surface area contributed by atoms with E-state index in [1.165, 1.54) is 36.6 Å². The van der Waals surface area contributed by atoms with Crippen molar-refractivity contribution in [2.75, 3.05) is 11.9 Å². The average molecular weight is 350 g/mol. The fourth-order valence-corrected chi connectivity index (χ4v) is 3.13. The fourth-order valence-electron chi connectivity index (χ4n) is 3.13. The number of aromatic nitrogens is 2. The zero-order valence-corrected chi connectivity index (χ0v) is 15.2. The number of carbonyl (C=O) groups excluding carboxylic acids is 1. The highest BCUT2D eigenvalue weighted by Gasteiger charge is 2.10. The lowest BCUT2D eigenvalue weighted by Gasteiger charge is -2.15. The van der Waals surface area contributed by atoms with Gasteiger partial charge in [0.15, 0.2) is 0 Å². The van der Waals surface area contributed by atoms with E-state index >= 15 is 0 Å². The van der Waals surface area contributed by atoms with Crippen molar-refractivity contribution in [2.24, 2.45) is 0 Å². The maximum absolute atomic E-state index is 12.2. The van der Waals surface area contributed by atoms with Gasteiger partial charge in [-0.1, -0.05) is 42.0 Å². The first kappa shape index (κ1) is 18.1. The zero-order chi connectivity index (χ0) is 18.2. The van der Waals surface area contributed by atoms with Gasteiger partial charge in [0.1, 0.15) is 11.5 Å². The molecule has 1 aromatic heterocycles. The van der Waals surface area contributed by atoms with Gasteiger partial charge in [-0.3, -0.25) is 4.79 Å². The van der Waals surface area contributed by atoms with Gasteiger partial charge in [0.2, 0.25) is 0 Å². The molecule has 0 bridgehead atoms. The maximum atomic E-state index is 12.2. The highest BCUT2D eigenvalue weighted by atomic mass is 16.1. The third-order valence-corrected chi connectivity index (χ3v) is 4.67. The molecule has 0 saturated carbocycles. The van der Waals surface area contributed by atoms with Crippen LogP contribution in [0.4, 0.5) is 5.82 Å². The molecule has 3 rings (SSSR count). The van der Waals surface area contributed by atoms with E-state index in [0.717, 1.165) is 12.8 Å². The van der Waals surface area contributed by atoms with Gasteiger partial charge in [0.25, 0.3) is 5.91 Å². The summed E-state index contributed by atoms with van der Waals surface area (Å²) >= 11 is 0. The van der Waals surface area contributed by atoms with Crippen LogP contribution >= 0.6 is 0 Å². The molecular formula is C21H26N4O. The van der Waals surface area contributed by atoms with Crippen LogP contribution in [-0.2, 0) is 0 Å². The minimum absolute atomic E-state index is 0.119. The van der Waals surface area contributed by atoms with Gasteiger partial charge in [-0.15, -0.1) is 0 Å². The van der Waals surface area contributed by atoms with Crippen molar-refractivity contribution >= 4 is 11.7 Å². The van der Waals surface area contributed by atoms with Crippen molar-refractivity contribution in [1.29, 1.82) is 0 Å². The van der Waals surface area contributed by atoms with E-state index in [1.54, 1.807) is 6.20 Å². The molecule has 26 heavy (non-hydrogen) atoms. The molecule has 0 spiro atoms. The molecule has 1 heterocycles. The lowest BCUT2D eigenvalue weighted by Crippen LogP contribution is -2.26. The number of hydrogen-bond acceptors (Lipinski definition) is 4. The van der Waals surface area contributed by atoms with Gasteiger partial charge in [-0.2, -0.15) is 0 Å². The molecule has 5 nitrogen and oxygen atoms in total. The minimum atomic E-state index is -0.170. The number of nitrogens with one attached hydrogen (secondary N) is 2. The summed E-state index contributed by atoms with van der Waals surface area (Å²) in [6.45, 7) is 2.72. The van der Waals surface area contributed by atoms with E-state index in [1.807, 2.05) is 18.2 Å². The summed E-state index contributed by atoms with van der Waals surface area (Å²) in [6, 6.07) is 10.3. The summed E-state index contributed by atoms with van der Waals surface area (Å²) in [7, 11) is 0. The Labute approximate surface area is 155 Å². The van der Waals surface area contributed by atoms with E-state index in [2.05, 4.69) is 45.7 Å². The van der Waals surface area contributed by atoms with Crippen LogP contribution in [0.15, 0.2) is 54.4 Å². The molecule has 0 saturated heterocycles. The number of nitrogens with zero attached hydrogens (tertiary/aromatic N) is 2. The van der Waals surface area contributed by atoms with E-state index in [-0.39, 0.29) is 11.9 Å². The molecule has 0 aliphatic heterocycles. The van der Waals surface area contributed by atoms with E-state index in [4.69, 9.17) is 0 Å². The lowest BCUT2D eigenvalue weighted by molar-refractivity contribution is 0.0948. The second-order valence-corrected chi connectivity index (χ2v) is 6.68. The molecule has 1 aromatic carbocycles. The number of carbonyl (C=O) groups is 1. The largest absolute Gasteiger partial charge is 0.362 e. The molecule has 136 valence electrons. The second-order valence-electron chi connectivity index (χ2n) is 6.68. The van der Waals surface area contributed by atoms with Gasteiger partial charge in [0, 0.05) is 12.6 Å². The first-order chi connectivity index (χ1) is 12.7. The normalized spacial score (nSPS) is 15.0. The monoisotopic (exact) mass is 350 g/mol. The predicted molar refractivity (Wildman–Crippen MR) is 104 cm³/mol. The van der Waals surface area contributed by atoms with Crippen LogP contribution in [0.3, 0.4) is 0 Å². The third kappa shape index (κ3) is 5.15. The third-order valence-electron chi connectivity index (χ3n) is 4.67. The molecule has 5 heteroatoms. The summed E-state index contributed by atoms with van der Waals surface area (Å²) < 4.78 is 0. The summed E-state index contributed by atoms with van der Waals surface area (Å²) in [5.41, 5.74) is 2.98. The van der Waals surface area contributed by atoms with Gasteiger partial charge >= 0.3 is 0 Å². The number of hydrogen-bond donors (Lipinski definition) is 2. The second kappa shape index (κ2) is 9.13. The van der Waals surface area contributed by atoms with Crippen molar-refractivity contribution in [3.63, 3.8) is 0 Å². The van der Waals surface area contributed by atoms with E-state index < -0.39 is 0 Å². The van der Waals surface area contributed by atoms with Crippen LogP contribution in [0.5, 0.6) is 0 Å². The van der Waals surface area contributed by atoms with Crippen molar-refractivity contribution in [2.45, 2.75) is 45.1 Å². The number of rotatable bonds is 7. The molecule has 1 atom stereocenters. The van der Waals surface area contributed by atoms with Crippen LogP contribution in [0.25, 0.3) is 0 Å². The molecule has 2 N–H and O–H groups in total. The first-order valence-corrected chi connectivity index (χ1v) is 9.32. The van der Waals surface area contributed by atoms with Gasteiger partial charge in [-0.25, -0.2) is 9.97 Å². The number of allylic oxidation sites excluding steroid dienone is 1. The number of benzene rings is 1. The molecule has 1 unspecified atom stereocenters. The molecular weight excluding hydrogens is 324 g/mol. The highest BCUT2D eigenvalue weighted by molar-refractivity contribution is 5.92. The molecule has 0 fully saturated rings. The van der Waals surface area contributed by atoms with Crippen molar-refractivity contribution in [1.82, 2.24) is 15.3 Å². The Morgan fingerprint density at radius 1 is 1.15 bits per heavy atom. The van der Waals surface area contributed by atoms with Crippen molar-refractivity contribution in [3.8, 4) is 0 Å². The summed E-state index contributed by atoms with van der Waals surface area (Å²) in [5.74, 6) is 0.488. The Hall–Kier alpha value is -2.69. The highest BCUT2D eigenvalue weighted by Crippen LogP contribution is 2.19. The SMILES string of the molecule is CC(Nc1cnc(C(=O)NCCC2=CCCCC2)cn1)c1ccccc1. The molecule has 1 aliphatic rings. The fraction of sp³-hybridized carbons (Fsp3) is 0.381. The van der Waals surface area contributed by atoms with E-state index in [0.29, 0.717) is 18.1 Å². The Balaban J connectivity index is 1.48. The van der Waals surface area contributed by atoms with E-state index in [9.17, 15) is 4.79 Å². The smallest absolute Gasteiger partial charge is 0.271 e. The lowest BCUT2D eigenvalue weighted by atomic mass is 9.97. The molecule has 2 aromatic rings. The van der Waals surface area contributed by atoms with Crippen LogP contribution in [0.1, 0.15) is 61.1 Å². The number of anilines is 1. The predicted octanol–water partition coefficient (Wildman–Crippen LogP) is 4.27. The van der Waals surface area contributed by atoms with Crippen LogP contribution in [0.2, 0.25) is 0 Å². The average Bonchev–Trinajstić information content (AvgIpc) is 2.70. The Bertz CT molecular complexity index is 740.